The van der Waals surface area contributed by atoms with Gasteiger partial charge in [-0.3, -0.25) is 4.98 Å². The molecule has 1 heterocycles. The molecule has 0 radical (unpaired) electrons. The molecule has 0 saturated heterocycles. The predicted octanol–water partition coefficient (Wildman–Crippen LogP) is 5.18. The zero-order valence-corrected chi connectivity index (χ0v) is 17.4. The summed E-state index contributed by atoms with van der Waals surface area (Å²) in [5, 5.41) is 2.77. The van der Waals surface area contributed by atoms with Crippen molar-refractivity contribution in [3.8, 4) is 5.75 Å². The molecule has 5 nitrogen and oxygen atoms in total. The molecule has 0 fully saturated rings. The Bertz CT molecular complexity index is 743. The highest BCUT2D eigenvalue weighted by Crippen LogP contribution is 2.23. The van der Waals surface area contributed by atoms with E-state index in [9.17, 15) is 4.79 Å². The van der Waals surface area contributed by atoms with E-state index in [1.54, 1.807) is 12.4 Å². The zero-order valence-electron chi connectivity index (χ0n) is 15.8. The van der Waals surface area contributed by atoms with Gasteiger partial charge in [0.25, 0.3) is 0 Å². The largest absolute Gasteiger partial charge is 0.486 e. The molecule has 0 saturated carbocycles. The van der Waals surface area contributed by atoms with E-state index < -0.39 is 11.7 Å². The number of carbonyl (C=O) groups excluding carboxylic acids is 1. The molecular weight excluding hydrogens is 408 g/mol. The van der Waals surface area contributed by atoms with Crippen molar-refractivity contribution in [1.29, 1.82) is 0 Å². The second-order valence-electron chi connectivity index (χ2n) is 6.94. The molecule has 1 aromatic carbocycles. The van der Waals surface area contributed by atoms with Crippen molar-refractivity contribution in [2.45, 2.75) is 38.9 Å². The van der Waals surface area contributed by atoms with E-state index in [0.717, 1.165) is 15.8 Å². The van der Waals surface area contributed by atoms with Crippen molar-refractivity contribution in [3.05, 3.63) is 66.5 Å². The maximum Gasteiger partial charge on any atom is 0.407 e. The van der Waals surface area contributed by atoms with Crippen LogP contribution in [0.25, 0.3) is 4.48 Å². The van der Waals surface area contributed by atoms with E-state index in [0.29, 0.717) is 13.0 Å². The summed E-state index contributed by atoms with van der Waals surface area (Å²) in [6.45, 7) is 5.94. The maximum absolute atomic E-state index is 11.8. The number of nitrogens with zero attached hydrogens (tertiary/aromatic N) is 1. The Morgan fingerprint density at radius 1 is 1.19 bits per heavy atom. The molecule has 0 spiro atoms. The lowest BCUT2D eigenvalue weighted by Gasteiger charge is -2.21. The highest BCUT2D eigenvalue weighted by Gasteiger charge is 2.16. The van der Waals surface area contributed by atoms with Gasteiger partial charge < -0.3 is 14.8 Å². The lowest BCUT2D eigenvalue weighted by Crippen LogP contribution is -2.34. The van der Waals surface area contributed by atoms with E-state index in [4.69, 9.17) is 9.47 Å². The number of amides is 1. The smallest absolute Gasteiger partial charge is 0.407 e. The first-order chi connectivity index (χ1) is 12.8. The van der Waals surface area contributed by atoms with Crippen LogP contribution in [0, 0.1) is 0 Å². The number of ether oxygens (including phenoxy) is 2. The highest BCUT2D eigenvalue weighted by molar-refractivity contribution is 9.15. The number of benzene rings is 1. The molecule has 1 unspecified atom stereocenters. The van der Waals surface area contributed by atoms with Crippen molar-refractivity contribution < 1.29 is 14.3 Å². The highest BCUT2D eigenvalue weighted by atomic mass is 79.9. The molecule has 6 heteroatoms. The lowest BCUT2D eigenvalue weighted by molar-refractivity contribution is 0.0523. The monoisotopic (exact) mass is 432 g/mol. The summed E-state index contributed by atoms with van der Waals surface area (Å²) in [6, 6.07) is 13.4. The third kappa shape index (κ3) is 8.26. The number of aromatic nitrogens is 1. The summed E-state index contributed by atoms with van der Waals surface area (Å²) in [5.74, 6) is 0.769. The van der Waals surface area contributed by atoms with Gasteiger partial charge in [0.15, 0.2) is 0 Å². The first-order valence-corrected chi connectivity index (χ1v) is 9.59. The standard InChI is InChI=1S/C21H25BrN2O3/c1-21(2,3)27-20(25)24-14-11-18(26-17-7-5-4-6-8-17)15-19(22)16-9-12-23-13-10-16/h4-10,12-13,15,18H,11,14H2,1-3H3,(H,24,25)/b19-15+. The number of carbonyl (C=O) groups is 1. The van der Waals surface area contributed by atoms with Crippen LogP contribution in [0.5, 0.6) is 5.75 Å². The van der Waals surface area contributed by atoms with E-state index in [2.05, 4.69) is 26.2 Å². The number of hydrogen-bond acceptors (Lipinski definition) is 4. The van der Waals surface area contributed by atoms with Crippen LogP contribution in [0.4, 0.5) is 4.79 Å². The topological polar surface area (TPSA) is 60.5 Å². The summed E-state index contributed by atoms with van der Waals surface area (Å²) in [5.41, 5.74) is 0.487. The summed E-state index contributed by atoms with van der Waals surface area (Å²) in [4.78, 5) is 15.9. The molecule has 2 rings (SSSR count). The minimum absolute atomic E-state index is 0.232. The number of para-hydroxylation sites is 1. The third-order valence-electron chi connectivity index (χ3n) is 3.42. The molecular formula is C21H25BrN2O3. The van der Waals surface area contributed by atoms with Crippen LogP contribution in [0.15, 0.2) is 60.9 Å². The van der Waals surface area contributed by atoms with Gasteiger partial charge in [0, 0.05) is 29.8 Å². The van der Waals surface area contributed by atoms with Gasteiger partial charge in [-0.05, 0) is 56.7 Å². The first-order valence-electron chi connectivity index (χ1n) is 8.80. The van der Waals surface area contributed by atoms with Crippen molar-refractivity contribution in [3.63, 3.8) is 0 Å². The van der Waals surface area contributed by atoms with E-state index in [1.165, 1.54) is 0 Å². The fraction of sp³-hybridized carbons (Fsp3) is 0.333. The lowest BCUT2D eigenvalue weighted by atomic mass is 10.1. The van der Waals surface area contributed by atoms with Gasteiger partial charge in [-0.25, -0.2) is 4.79 Å². The fourth-order valence-corrected chi connectivity index (χ4v) is 2.81. The second-order valence-corrected chi connectivity index (χ2v) is 7.79. The van der Waals surface area contributed by atoms with Gasteiger partial charge in [-0.15, -0.1) is 0 Å². The Balaban J connectivity index is 2.02. The zero-order chi connectivity index (χ0) is 19.7. The molecule has 144 valence electrons. The molecule has 27 heavy (non-hydrogen) atoms. The number of nitrogens with one attached hydrogen (secondary N) is 1. The van der Waals surface area contributed by atoms with Gasteiger partial charge >= 0.3 is 6.09 Å². The Morgan fingerprint density at radius 2 is 1.85 bits per heavy atom. The van der Waals surface area contributed by atoms with Crippen LogP contribution in [0.3, 0.4) is 0 Å². The van der Waals surface area contributed by atoms with Gasteiger partial charge in [-0.1, -0.05) is 34.1 Å². The quantitative estimate of drug-likeness (QED) is 0.654. The van der Waals surface area contributed by atoms with Crippen molar-refractivity contribution in [2.75, 3.05) is 6.54 Å². The number of rotatable bonds is 7. The van der Waals surface area contributed by atoms with E-state index in [-0.39, 0.29) is 6.10 Å². The van der Waals surface area contributed by atoms with Crippen LogP contribution >= 0.6 is 15.9 Å². The fourth-order valence-electron chi connectivity index (χ4n) is 2.25. The Morgan fingerprint density at radius 3 is 2.48 bits per heavy atom. The van der Waals surface area contributed by atoms with Crippen LogP contribution in [0.1, 0.15) is 32.8 Å². The second kappa shape index (κ2) is 10.1. The van der Waals surface area contributed by atoms with Crippen molar-refractivity contribution in [2.24, 2.45) is 0 Å². The number of alkyl carbamates (subject to hydrolysis) is 1. The van der Waals surface area contributed by atoms with Gasteiger partial charge in [0.05, 0.1) is 0 Å². The Labute approximate surface area is 168 Å². The molecule has 0 aliphatic carbocycles. The predicted molar refractivity (Wildman–Crippen MR) is 111 cm³/mol. The molecule has 2 aromatic rings. The van der Waals surface area contributed by atoms with Crippen LogP contribution in [-0.2, 0) is 4.74 Å². The molecule has 0 aliphatic heterocycles. The number of pyridine rings is 1. The van der Waals surface area contributed by atoms with E-state index in [1.807, 2.05) is 69.3 Å². The maximum atomic E-state index is 11.8. The first kappa shape index (κ1) is 21.0. The minimum atomic E-state index is -0.520. The molecule has 1 amide bonds. The summed E-state index contributed by atoms with van der Waals surface area (Å²) in [6.07, 6.45) is 5.39. The molecule has 1 N–H and O–H groups in total. The third-order valence-corrected chi connectivity index (χ3v) is 4.14. The van der Waals surface area contributed by atoms with Crippen LogP contribution in [0.2, 0.25) is 0 Å². The Hall–Kier alpha value is -2.34. The normalized spacial score (nSPS) is 13.0. The van der Waals surface area contributed by atoms with Crippen molar-refractivity contribution in [1.82, 2.24) is 10.3 Å². The summed E-state index contributed by atoms with van der Waals surface area (Å²) < 4.78 is 12.2. The Kier molecular flexibility index (Phi) is 7.85. The molecule has 1 aromatic heterocycles. The van der Waals surface area contributed by atoms with Crippen LogP contribution < -0.4 is 10.1 Å². The van der Waals surface area contributed by atoms with E-state index >= 15 is 0 Å². The average molecular weight is 433 g/mol. The van der Waals surface area contributed by atoms with Crippen molar-refractivity contribution >= 4 is 26.5 Å². The van der Waals surface area contributed by atoms with Crippen LogP contribution in [-0.4, -0.2) is 29.3 Å². The van der Waals surface area contributed by atoms with Gasteiger partial charge in [0.1, 0.15) is 17.5 Å². The summed E-state index contributed by atoms with van der Waals surface area (Å²) >= 11 is 3.60. The number of halogens is 1. The number of hydrogen-bond donors (Lipinski definition) is 1. The SMILES string of the molecule is CC(C)(C)OC(=O)NCCC(/C=C(/Br)c1ccncc1)Oc1ccccc1. The van der Waals surface area contributed by atoms with Gasteiger partial charge in [0.2, 0.25) is 0 Å². The average Bonchev–Trinajstić information content (AvgIpc) is 2.61. The van der Waals surface area contributed by atoms with Gasteiger partial charge in [-0.2, -0.15) is 0 Å². The molecule has 1 atom stereocenters. The minimum Gasteiger partial charge on any atom is -0.486 e. The summed E-state index contributed by atoms with van der Waals surface area (Å²) in [7, 11) is 0. The molecule has 0 aliphatic rings. The molecule has 0 bridgehead atoms.